The van der Waals surface area contributed by atoms with Gasteiger partial charge in [0, 0.05) is 30.4 Å². The van der Waals surface area contributed by atoms with E-state index in [1.165, 1.54) is 0 Å². The van der Waals surface area contributed by atoms with Crippen LogP contribution < -0.4 is 10.6 Å². The lowest BCUT2D eigenvalue weighted by atomic mass is 9.97. The van der Waals surface area contributed by atoms with Crippen LogP contribution in [0.2, 0.25) is 0 Å². The van der Waals surface area contributed by atoms with E-state index >= 15 is 0 Å². The molecule has 148 valence electrons. The third kappa shape index (κ3) is 4.21. The third-order valence-electron chi connectivity index (χ3n) is 5.33. The van der Waals surface area contributed by atoms with Gasteiger partial charge in [-0.15, -0.1) is 0 Å². The van der Waals surface area contributed by atoms with Crippen molar-refractivity contribution in [1.29, 1.82) is 0 Å². The highest BCUT2D eigenvalue weighted by atomic mass is 16.2. The Hall–Kier alpha value is -3.41. The molecule has 0 aliphatic carbocycles. The molecule has 2 aromatic carbocycles. The number of urea groups is 1. The Labute approximate surface area is 169 Å². The molecular formula is C23H24N4O2. The van der Waals surface area contributed by atoms with E-state index in [2.05, 4.69) is 15.6 Å². The normalized spacial score (nSPS) is 16.4. The maximum absolute atomic E-state index is 12.9. The summed E-state index contributed by atoms with van der Waals surface area (Å²) >= 11 is 0. The first-order valence-corrected chi connectivity index (χ1v) is 9.88. The van der Waals surface area contributed by atoms with Gasteiger partial charge in [-0.25, -0.2) is 4.79 Å². The lowest BCUT2D eigenvalue weighted by molar-refractivity contribution is -0.121. The summed E-state index contributed by atoms with van der Waals surface area (Å²) in [5.74, 6) is -0.259. The Morgan fingerprint density at radius 2 is 1.86 bits per heavy atom. The first kappa shape index (κ1) is 18.9. The quantitative estimate of drug-likeness (QED) is 0.697. The van der Waals surface area contributed by atoms with Crippen LogP contribution in [0.15, 0.2) is 60.8 Å². The molecule has 1 unspecified atom stereocenters. The molecule has 1 saturated heterocycles. The van der Waals surface area contributed by atoms with Gasteiger partial charge in [0.15, 0.2) is 0 Å². The van der Waals surface area contributed by atoms with E-state index in [4.69, 9.17) is 0 Å². The number of fused-ring (bicyclic) bond motifs is 1. The summed E-state index contributed by atoms with van der Waals surface area (Å²) in [7, 11) is 0. The zero-order valence-corrected chi connectivity index (χ0v) is 16.4. The minimum absolute atomic E-state index is 0.0429. The highest BCUT2D eigenvalue weighted by Crippen LogP contribution is 2.26. The van der Waals surface area contributed by atoms with Gasteiger partial charge in [0.05, 0.1) is 17.1 Å². The summed E-state index contributed by atoms with van der Waals surface area (Å²) in [6.07, 6.45) is 3.33. The number of nitrogens with zero attached hydrogens (tertiary/aromatic N) is 2. The summed E-state index contributed by atoms with van der Waals surface area (Å²) in [6, 6.07) is 16.9. The third-order valence-corrected chi connectivity index (χ3v) is 5.33. The van der Waals surface area contributed by atoms with Crippen molar-refractivity contribution in [2.24, 2.45) is 5.92 Å². The van der Waals surface area contributed by atoms with Crippen molar-refractivity contribution >= 4 is 34.2 Å². The predicted octanol–water partition coefficient (Wildman–Crippen LogP) is 4.43. The van der Waals surface area contributed by atoms with E-state index in [1.54, 1.807) is 11.1 Å². The van der Waals surface area contributed by atoms with E-state index in [9.17, 15) is 9.59 Å². The molecule has 4 rings (SSSR count). The van der Waals surface area contributed by atoms with Crippen molar-refractivity contribution in [3.05, 3.63) is 66.4 Å². The van der Waals surface area contributed by atoms with Gasteiger partial charge in [-0.05, 0) is 55.7 Å². The van der Waals surface area contributed by atoms with Gasteiger partial charge in [0.1, 0.15) is 0 Å². The molecule has 1 aliphatic heterocycles. The van der Waals surface area contributed by atoms with Crippen molar-refractivity contribution in [3.63, 3.8) is 0 Å². The van der Waals surface area contributed by atoms with E-state index in [-0.39, 0.29) is 17.9 Å². The smallest absolute Gasteiger partial charge is 0.321 e. The fourth-order valence-corrected chi connectivity index (χ4v) is 3.76. The molecule has 2 heterocycles. The molecule has 1 aliphatic rings. The number of benzene rings is 2. The van der Waals surface area contributed by atoms with Gasteiger partial charge in [0.2, 0.25) is 5.91 Å². The molecule has 1 fully saturated rings. The topological polar surface area (TPSA) is 74.3 Å². The molecule has 0 spiro atoms. The van der Waals surface area contributed by atoms with Crippen LogP contribution in [-0.4, -0.2) is 34.9 Å². The van der Waals surface area contributed by atoms with Crippen LogP contribution in [0.25, 0.3) is 10.9 Å². The van der Waals surface area contributed by atoms with Gasteiger partial charge in [-0.1, -0.05) is 24.3 Å². The molecule has 3 aromatic rings. The second kappa shape index (κ2) is 8.31. The number of carbonyl (C=O) groups is 2. The van der Waals surface area contributed by atoms with Crippen molar-refractivity contribution in [2.45, 2.75) is 19.8 Å². The van der Waals surface area contributed by atoms with Crippen LogP contribution in [-0.2, 0) is 4.79 Å². The molecule has 2 N–H and O–H groups in total. The average molecular weight is 388 g/mol. The SMILES string of the molecule is Cc1ccc(NC(=O)N2CCCC(C(=O)Nc3ccccc3)C2)c2cccnc12. The molecule has 0 bridgehead atoms. The van der Waals surface area contributed by atoms with Gasteiger partial charge in [0.25, 0.3) is 0 Å². The molecule has 6 nitrogen and oxygen atoms in total. The Balaban J connectivity index is 1.44. The van der Waals surface area contributed by atoms with Gasteiger partial charge < -0.3 is 15.5 Å². The Morgan fingerprint density at radius 3 is 2.69 bits per heavy atom. The molecular weight excluding hydrogens is 364 g/mol. The monoisotopic (exact) mass is 388 g/mol. The molecule has 1 aromatic heterocycles. The lowest BCUT2D eigenvalue weighted by Gasteiger charge is -2.32. The number of pyridine rings is 1. The number of rotatable bonds is 3. The number of hydrogen-bond acceptors (Lipinski definition) is 3. The Morgan fingerprint density at radius 1 is 1.03 bits per heavy atom. The summed E-state index contributed by atoms with van der Waals surface area (Å²) in [6.45, 7) is 3.05. The zero-order valence-electron chi connectivity index (χ0n) is 16.4. The van der Waals surface area contributed by atoms with Gasteiger partial charge in [-0.2, -0.15) is 0 Å². The summed E-state index contributed by atoms with van der Waals surface area (Å²) < 4.78 is 0. The fourth-order valence-electron chi connectivity index (χ4n) is 3.76. The van der Waals surface area contributed by atoms with Gasteiger partial charge in [-0.3, -0.25) is 9.78 Å². The Kier molecular flexibility index (Phi) is 5.42. The highest BCUT2D eigenvalue weighted by molar-refractivity contribution is 6.01. The van der Waals surface area contributed by atoms with Crippen molar-refractivity contribution in [2.75, 3.05) is 23.7 Å². The van der Waals surface area contributed by atoms with Crippen molar-refractivity contribution in [3.8, 4) is 0 Å². The number of amides is 3. The van der Waals surface area contributed by atoms with Crippen LogP contribution in [0.3, 0.4) is 0 Å². The standard InChI is InChI=1S/C23H24N4O2/c1-16-11-12-20(19-10-5-13-24-21(16)19)26-23(29)27-14-6-7-17(15-27)22(28)25-18-8-3-2-4-9-18/h2-5,8-13,17H,6-7,14-15H2,1H3,(H,25,28)(H,26,29). The highest BCUT2D eigenvalue weighted by Gasteiger charge is 2.28. The zero-order chi connectivity index (χ0) is 20.2. The molecule has 1 atom stereocenters. The van der Waals surface area contributed by atoms with Crippen LogP contribution in [0.1, 0.15) is 18.4 Å². The van der Waals surface area contributed by atoms with Gasteiger partial charge >= 0.3 is 6.03 Å². The molecule has 6 heteroatoms. The van der Waals surface area contributed by atoms with E-state index in [0.717, 1.165) is 40.7 Å². The van der Waals surface area contributed by atoms with Crippen LogP contribution in [0.4, 0.5) is 16.2 Å². The van der Waals surface area contributed by atoms with Crippen LogP contribution in [0, 0.1) is 12.8 Å². The fraction of sp³-hybridized carbons (Fsp3) is 0.261. The van der Waals surface area contributed by atoms with Crippen LogP contribution >= 0.6 is 0 Å². The predicted molar refractivity (Wildman–Crippen MR) is 115 cm³/mol. The Bertz CT molecular complexity index is 1040. The second-order valence-corrected chi connectivity index (χ2v) is 7.40. The molecule has 3 amide bonds. The molecule has 0 radical (unpaired) electrons. The lowest BCUT2D eigenvalue weighted by Crippen LogP contribution is -2.45. The van der Waals surface area contributed by atoms with E-state index in [0.29, 0.717) is 13.1 Å². The van der Waals surface area contributed by atoms with Crippen molar-refractivity contribution in [1.82, 2.24) is 9.88 Å². The largest absolute Gasteiger partial charge is 0.326 e. The average Bonchev–Trinajstić information content (AvgIpc) is 2.76. The van der Waals surface area contributed by atoms with Crippen molar-refractivity contribution < 1.29 is 9.59 Å². The number of piperidine rings is 1. The molecule has 29 heavy (non-hydrogen) atoms. The maximum atomic E-state index is 12.9. The first-order chi connectivity index (χ1) is 14.1. The number of aromatic nitrogens is 1. The summed E-state index contributed by atoms with van der Waals surface area (Å²) in [4.78, 5) is 31.7. The van der Waals surface area contributed by atoms with E-state index in [1.807, 2.05) is 61.5 Å². The second-order valence-electron chi connectivity index (χ2n) is 7.40. The number of aryl methyl sites for hydroxylation is 1. The number of hydrogen-bond donors (Lipinski definition) is 2. The minimum atomic E-state index is -0.217. The number of carbonyl (C=O) groups excluding carboxylic acids is 2. The number of anilines is 2. The maximum Gasteiger partial charge on any atom is 0.321 e. The van der Waals surface area contributed by atoms with E-state index < -0.39 is 0 Å². The number of para-hydroxylation sites is 1. The first-order valence-electron chi connectivity index (χ1n) is 9.88. The minimum Gasteiger partial charge on any atom is -0.326 e. The number of nitrogens with one attached hydrogen (secondary N) is 2. The summed E-state index contributed by atoms with van der Waals surface area (Å²) in [5, 5.41) is 6.87. The summed E-state index contributed by atoms with van der Waals surface area (Å²) in [5.41, 5.74) is 3.45. The molecule has 0 saturated carbocycles. The number of likely N-dealkylation sites (tertiary alicyclic amines) is 1. The van der Waals surface area contributed by atoms with Crippen LogP contribution in [0.5, 0.6) is 0 Å².